The molecule has 138 valence electrons. The van der Waals surface area contributed by atoms with Crippen molar-refractivity contribution in [2.45, 2.75) is 25.7 Å². The van der Waals surface area contributed by atoms with E-state index in [1.807, 2.05) is 0 Å². The first-order chi connectivity index (χ1) is 11.8. The third-order valence-corrected chi connectivity index (χ3v) is 3.50. The van der Waals surface area contributed by atoms with Crippen molar-refractivity contribution in [1.29, 1.82) is 0 Å². The average Bonchev–Trinajstić information content (AvgIpc) is 2.90. The van der Waals surface area contributed by atoms with Gasteiger partial charge in [-0.2, -0.15) is 4.98 Å². The predicted octanol–water partition coefficient (Wildman–Crippen LogP) is -1.22. The Morgan fingerprint density at radius 3 is 2.80 bits per heavy atom. The molecule has 0 saturated heterocycles. The van der Waals surface area contributed by atoms with E-state index in [0.29, 0.717) is 6.61 Å². The number of aliphatic hydroxyl groups excluding tert-OH is 2. The van der Waals surface area contributed by atoms with Crippen LogP contribution in [0.4, 0.5) is 5.95 Å². The number of anilines is 1. The van der Waals surface area contributed by atoms with E-state index in [2.05, 4.69) is 21.9 Å². The first-order valence-electron chi connectivity index (χ1n) is 7.83. The Kier molecular flexibility index (Phi) is 6.12. The number of rotatable bonds is 9. The molecule has 0 unspecified atom stereocenters. The van der Waals surface area contributed by atoms with Crippen molar-refractivity contribution in [1.82, 2.24) is 19.1 Å². The highest BCUT2D eigenvalue weighted by Crippen LogP contribution is 2.16. The lowest BCUT2D eigenvalue weighted by Crippen LogP contribution is -2.30. The average molecular weight is 353 g/mol. The normalized spacial score (nSPS) is 13.8. The van der Waals surface area contributed by atoms with E-state index in [1.54, 1.807) is 13.0 Å². The van der Waals surface area contributed by atoms with E-state index in [4.69, 9.17) is 4.74 Å². The van der Waals surface area contributed by atoms with Crippen LogP contribution in [0.1, 0.15) is 6.92 Å². The van der Waals surface area contributed by atoms with Crippen LogP contribution in [0.2, 0.25) is 0 Å². The number of aromatic amines is 1. The summed E-state index contributed by atoms with van der Waals surface area (Å²) in [6.45, 7) is 5.68. The van der Waals surface area contributed by atoms with Gasteiger partial charge >= 0.3 is 5.69 Å². The summed E-state index contributed by atoms with van der Waals surface area (Å²) in [6, 6.07) is 0. The molecule has 0 radical (unpaired) electrons. The molecule has 0 aromatic carbocycles. The zero-order valence-electron chi connectivity index (χ0n) is 14.2. The van der Waals surface area contributed by atoms with Crippen LogP contribution in [-0.4, -0.2) is 61.3 Å². The summed E-state index contributed by atoms with van der Waals surface area (Å²) < 4.78 is 7.89. The summed E-state index contributed by atoms with van der Waals surface area (Å²) >= 11 is 0. The maximum atomic E-state index is 12.2. The summed E-state index contributed by atoms with van der Waals surface area (Å²) in [7, 11) is 1.49. The fourth-order valence-corrected chi connectivity index (χ4v) is 2.34. The second kappa shape index (κ2) is 8.10. The number of nitrogens with one attached hydrogen (secondary N) is 2. The molecule has 2 aromatic heterocycles. The number of aromatic nitrogens is 4. The Morgan fingerprint density at radius 1 is 1.44 bits per heavy atom. The third-order valence-electron chi connectivity index (χ3n) is 3.50. The zero-order chi connectivity index (χ0) is 18.6. The Bertz CT molecular complexity index is 850. The van der Waals surface area contributed by atoms with Gasteiger partial charge in [0.25, 0.3) is 5.56 Å². The van der Waals surface area contributed by atoms with Crippen molar-refractivity contribution in [2.24, 2.45) is 7.05 Å². The molecular weight excluding hydrogens is 330 g/mol. The molecule has 2 heterocycles. The smallest absolute Gasteiger partial charge is 0.329 e. The van der Waals surface area contributed by atoms with Crippen LogP contribution in [0, 0.1) is 0 Å². The molecule has 0 bridgehead atoms. The van der Waals surface area contributed by atoms with Gasteiger partial charge in [-0.3, -0.25) is 14.3 Å². The van der Waals surface area contributed by atoms with Gasteiger partial charge in [0, 0.05) is 13.6 Å². The van der Waals surface area contributed by atoms with Gasteiger partial charge < -0.3 is 24.8 Å². The molecular formula is C15H23N5O5. The lowest BCUT2D eigenvalue weighted by atomic mass is 10.3. The van der Waals surface area contributed by atoms with Gasteiger partial charge in [0.1, 0.15) is 0 Å². The maximum Gasteiger partial charge on any atom is 0.329 e. The number of ether oxygens (including phenoxy) is 1. The van der Waals surface area contributed by atoms with Crippen LogP contribution in [0.15, 0.2) is 22.2 Å². The maximum absolute atomic E-state index is 12.2. The SMILES string of the molecule is C=CCOC[C@@H](O)Cn1c(NC[C@@H](C)O)nc2c1c(=O)[nH]c(=O)n2C. The molecule has 2 aromatic rings. The van der Waals surface area contributed by atoms with Crippen LogP contribution in [0.3, 0.4) is 0 Å². The van der Waals surface area contributed by atoms with Crippen LogP contribution in [-0.2, 0) is 18.3 Å². The topological polar surface area (TPSA) is 134 Å². The molecule has 2 rings (SSSR count). The summed E-state index contributed by atoms with van der Waals surface area (Å²) in [5.74, 6) is 0.269. The van der Waals surface area contributed by atoms with E-state index in [-0.39, 0.29) is 36.8 Å². The van der Waals surface area contributed by atoms with Crippen molar-refractivity contribution in [3.63, 3.8) is 0 Å². The highest BCUT2D eigenvalue weighted by molar-refractivity contribution is 5.74. The van der Waals surface area contributed by atoms with E-state index in [9.17, 15) is 19.8 Å². The molecule has 0 spiro atoms. The molecule has 25 heavy (non-hydrogen) atoms. The lowest BCUT2D eigenvalue weighted by Gasteiger charge is -2.15. The van der Waals surface area contributed by atoms with E-state index in [0.717, 1.165) is 0 Å². The largest absolute Gasteiger partial charge is 0.392 e. The van der Waals surface area contributed by atoms with Crippen molar-refractivity contribution in [3.8, 4) is 0 Å². The van der Waals surface area contributed by atoms with Crippen molar-refractivity contribution in [2.75, 3.05) is 25.1 Å². The minimum atomic E-state index is -0.902. The van der Waals surface area contributed by atoms with Crippen molar-refractivity contribution >= 4 is 17.1 Å². The van der Waals surface area contributed by atoms with Crippen molar-refractivity contribution < 1.29 is 14.9 Å². The van der Waals surface area contributed by atoms with Crippen molar-refractivity contribution in [3.05, 3.63) is 33.5 Å². The van der Waals surface area contributed by atoms with Crippen LogP contribution in [0.5, 0.6) is 0 Å². The number of aryl methyl sites for hydroxylation is 1. The summed E-state index contributed by atoms with van der Waals surface area (Å²) in [6.07, 6.45) is 0.0208. The fraction of sp³-hybridized carbons (Fsp3) is 0.533. The molecule has 10 nitrogen and oxygen atoms in total. The van der Waals surface area contributed by atoms with E-state index in [1.165, 1.54) is 16.2 Å². The molecule has 2 atom stereocenters. The number of fused-ring (bicyclic) bond motifs is 1. The second-order valence-corrected chi connectivity index (χ2v) is 5.75. The Hall–Kier alpha value is -2.43. The fourth-order valence-electron chi connectivity index (χ4n) is 2.34. The van der Waals surface area contributed by atoms with E-state index >= 15 is 0 Å². The summed E-state index contributed by atoms with van der Waals surface area (Å²) in [5.41, 5.74) is -0.854. The van der Waals surface area contributed by atoms with Gasteiger partial charge in [-0.15, -0.1) is 6.58 Å². The lowest BCUT2D eigenvalue weighted by molar-refractivity contribution is 0.0405. The summed E-state index contributed by atoms with van der Waals surface area (Å²) in [4.78, 5) is 30.5. The number of H-pyrrole nitrogens is 1. The minimum Gasteiger partial charge on any atom is -0.392 e. The predicted molar refractivity (Wildman–Crippen MR) is 92.8 cm³/mol. The molecule has 0 aliphatic carbocycles. The number of imidazole rings is 1. The van der Waals surface area contributed by atoms with Crippen LogP contribution >= 0.6 is 0 Å². The highest BCUT2D eigenvalue weighted by Gasteiger charge is 2.19. The van der Waals surface area contributed by atoms with Gasteiger partial charge in [0.15, 0.2) is 11.2 Å². The molecule has 0 aliphatic rings. The highest BCUT2D eigenvalue weighted by atomic mass is 16.5. The van der Waals surface area contributed by atoms with E-state index < -0.39 is 23.5 Å². The van der Waals surface area contributed by atoms with Gasteiger partial charge in [0.2, 0.25) is 5.95 Å². The quantitative estimate of drug-likeness (QED) is 0.328. The standard InChI is InChI=1S/C15H23N5O5/c1-4-5-25-8-10(22)7-20-11-12(17-14(20)16-6-9(2)21)19(3)15(24)18-13(11)23/h4,9-10,21-22H,1,5-8H2,2-3H3,(H,16,17)(H,18,23,24)/t9-,10+/m1/s1. The molecule has 0 fully saturated rings. The number of nitrogens with zero attached hydrogens (tertiary/aromatic N) is 3. The number of hydrogen-bond donors (Lipinski definition) is 4. The van der Waals surface area contributed by atoms with Crippen LogP contribution < -0.4 is 16.6 Å². The van der Waals surface area contributed by atoms with Crippen LogP contribution in [0.25, 0.3) is 11.2 Å². The van der Waals surface area contributed by atoms with Gasteiger partial charge in [-0.1, -0.05) is 6.08 Å². The zero-order valence-corrected chi connectivity index (χ0v) is 14.2. The third kappa shape index (κ3) is 4.35. The number of aliphatic hydroxyl groups is 2. The molecule has 0 amide bonds. The molecule has 0 aliphatic heterocycles. The Balaban J connectivity index is 2.44. The first kappa shape index (κ1) is 18.9. The monoisotopic (exact) mass is 353 g/mol. The summed E-state index contributed by atoms with van der Waals surface area (Å²) in [5, 5.41) is 22.5. The van der Waals surface area contributed by atoms with Gasteiger partial charge in [-0.05, 0) is 6.92 Å². The second-order valence-electron chi connectivity index (χ2n) is 5.75. The first-order valence-corrected chi connectivity index (χ1v) is 7.83. The Morgan fingerprint density at radius 2 is 2.16 bits per heavy atom. The van der Waals surface area contributed by atoms with Gasteiger partial charge in [-0.25, -0.2) is 4.79 Å². The Labute approximate surface area is 143 Å². The molecule has 4 N–H and O–H groups in total. The van der Waals surface area contributed by atoms with Gasteiger partial charge in [0.05, 0.1) is 32.0 Å². The minimum absolute atomic E-state index is 0.0249. The number of hydrogen-bond acceptors (Lipinski definition) is 7. The molecule has 0 saturated carbocycles. The molecule has 10 heteroatoms.